The topological polar surface area (TPSA) is 168 Å². The Morgan fingerprint density at radius 2 is 1.63 bits per heavy atom. The number of carbonyl (C=O) groups excluding carboxylic acids is 4. The normalized spacial score (nSPS) is 19.1. The van der Waals surface area contributed by atoms with Gasteiger partial charge >= 0.3 is 0 Å². The number of likely N-dealkylation sites (N-methyl/N-ethyl adjacent to an activating group) is 2. The summed E-state index contributed by atoms with van der Waals surface area (Å²) in [7, 11) is 6.82. The summed E-state index contributed by atoms with van der Waals surface area (Å²) in [5, 5.41) is 13.8. The number of benzene rings is 1. The van der Waals surface area contributed by atoms with Gasteiger partial charge in [0.15, 0.2) is 5.78 Å². The Morgan fingerprint density at radius 1 is 0.966 bits per heavy atom. The van der Waals surface area contributed by atoms with Crippen LogP contribution in [0.1, 0.15) is 105 Å². The molecule has 0 radical (unpaired) electrons. The number of nitrogen functional groups attached to an aromatic ring is 1. The lowest BCUT2D eigenvalue weighted by molar-refractivity contribution is -0.149. The van der Waals surface area contributed by atoms with E-state index < -0.39 is 48.3 Å². The van der Waals surface area contributed by atoms with E-state index in [1.54, 1.807) is 57.2 Å². The standard InChI is InChI=1S/C46H74N6O7/c1-13-30(6)42(51(10)46(57)35(28(2)3)25-37(53)41(29(4)5)50(9)27-33-21-22-48-39(47)24-33)38(58-11)26-40(54)52-23-17-20-36(52)44(59-12)31(7)45(56)49-32(8)43(55)34-18-15-14-16-19-34/h14-16,18-19,21-22,24,28-32,35-36,38,41-44,55H,13,17,20,23,25-27H2,1-12H3,(H2,47,48)(H,49,56)/t30-,31+,32+,35-,36-,38+,41-,42-,43+,44+/m0/s1. The number of carbonyl (C=O) groups is 4. The number of aliphatic hydroxyl groups excluding tert-OH is 1. The van der Waals surface area contributed by atoms with Gasteiger partial charge in [0.25, 0.3) is 0 Å². The summed E-state index contributed by atoms with van der Waals surface area (Å²) in [5.41, 5.74) is 7.58. The highest BCUT2D eigenvalue weighted by molar-refractivity contribution is 5.90. The fraction of sp³-hybridized carbons (Fsp3) is 0.674. The Balaban J connectivity index is 1.77. The fourth-order valence-corrected chi connectivity index (χ4v) is 8.99. The Kier molecular flexibility index (Phi) is 19.4. The molecule has 2 heterocycles. The zero-order chi connectivity index (χ0) is 44.1. The van der Waals surface area contributed by atoms with Crippen LogP contribution in [-0.2, 0) is 35.2 Å². The molecule has 59 heavy (non-hydrogen) atoms. The van der Waals surface area contributed by atoms with Gasteiger partial charge in [-0.3, -0.25) is 24.1 Å². The molecule has 1 aromatic carbocycles. The molecule has 0 saturated carbocycles. The Morgan fingerprint density at radius 3 is 2.19 bits per heavy atom. The van der Waals surface area contributed by atoms with Crippen LogP contribution in [0.15, 0.2) is 48.7 Å². The Hall–Kier alpha value is -3.91. The molecule has 1 saturated heterocycles. The number of ketones is 1. The number of anilines is 1. The van der Waals surface area contributed by atoms with Gasteiger partial charge < -0.3 is 35.4 Å². The average molecular weight is 823 g/mol. The summed E-state index contributed by atoms with van der Waals surface area (Å²) < 4.78 is 12.0. The van der Waals surface area contributed by atoms with Crippen LogP contribution in [0.4, 0.5) is 5.82 Å². The largest absolute Gasteiger partial charge is 0.386 e. The minimum absolute atomic E-state index is 0.000972. The van der Waals surface area contributed by atoms with Gasteiger partial charge in [-0.25, -0.2) is 4.98 Å². The van der Waals surface area contributed by atoms with Crippen molar-refractivity contribution in [1.82, 2.24) is 25.0 Å². The molecule has 2 aromatic rings. The summed E-state index contributed by atoms with van der Waals surface area (Å²) >= 11 is 0. The van der Waals surface area contributed by atoms with Gasteiger partial charge in [-0.15, -0.1) is 0 Å². The van der Waals surface area contributed by atoms with Crippen molar-refractivity contribution >= 4 is 29.3 Å². The molecule has 1 aliphatic heterocycles. The number of amides is 3. The third kappa shape index (κ3) is 13.0. The van der Waals surface area contributed by atoms with Crippen molar-refractivity contribution in [3.8, 4) is 0 Å². The van der Waals surface area contributed by atoms with Gasteiger partial charge in [0, 0.05) is 52.9 Å². The lowest BCUT2D eigenvalue weighted by atomic mass is 9.83. The highest BCUT2D eigenvalue weighted by Crippen LogP contribution is 2.31. The summed E-state index contributed by atoms with van der Waals surface area (Å²) in [5.74, 6) is -1.45. The maximum absolute atomic E-state index is 14.6. The summed E-state index contributed by atoms with van der Waals surface area (Å²) in [4.78, 5) is 66.2. The van der Waals surface area contributed by atoms with E-state index in [1.807, 2.05) is 76.0 Å². The molecular weight excluding hydrogens is 749 g/mol. The molecule has 13 heteroatoms. The molecule has 0 bridgehead atoms. The van der Waals surface area contributed by atoms with Crippen molar-refractivity contribution in [2.24, 2.45) is 29.6 Å². The average Bonchev–Trinajstić information content (AvgIpc) is 3.68. The van der Waals surface area contributed by atoms with Gasteiger partial charge in [-0.05, 0) is 67.8 Å². The molecule has 330 valence electrons. The van der Waals surface area contributed by atoms with Crippen LogP contribution in [0.3, 0.4) is 0 Å². The molecule has 3 amide bonds. The van der Waals surface area contributed by atoms with E-state index in [2.05, 4.69) is 24.1 Å². The van der Waals surface area contributed by atoms with E-state index in [0.29, 0.717) is 30.9 Å². The van der Waals surface area contributed by atoms with Crippen molar-refractivity contribution in [3.05, 3.63) is 59.8 Å². The predicted molar refractivity (Wildman–Crippen MR) is 232 cm³/mol. The minimum Gasteiger partial charge on any atom is -0.386 e. The molecule has 10 atom stereocenters. The van der Waals surface area contributed by atoms with E-state index >= 15 is 0 Å². The minimum atomic E-state index is -0.883. The van der Waals surface area contributed by atoms with Crippen molar-refractivity contribution in [1.29, 1.82) is 0 Å². The first-order valence-electron chi connectivity index (χ1n) is 21.5. The van der Waals surface area contributed by atoms with Crippen molar-refractivity contribution in [3.63, 3.8) is 0 Å². The maximum Gasteiger partial charge on any atom is 0.226 e. The molecule has 0 aliphatic carbocycles. The van der Waals surface area contributed by atoms with Crippen molar-refractivity contribution in [2.45, 2.75) is 137 Å². The summed E-state index contributed by atoms with van der Waals surface area (Å²) in [6.45, 7) is 16.7. The second-order valence-corrected chi connectivity index (χ2v) is 17.5. The molecular formula is C46H74N6O7. The SMILES string of the molecule is CC[C@H](C)[C@@H]([C@@H](CC(=O)N1CCC[C@H]1[C@H](OC)[C@@H](C)C(=O)N[C@H](C)[C@@H](O)c1ccccc1)OC)N(C)C(=O)[C@@H](CC(=O)[C@H](C(C)C)N(C)Cc1ccnc(N)c1)C(C)C. The second-order valence-electron chi connectivity index (χ2n) is 17.5. The van der Waals surface area contributed by atoms with E-state index in [0.717, 1.165) is 18.4 Å². The van der Waals surface area contributed by atoms with E-state index in [-0.39, 0.29) is 60.1 Å². The van der Waals surface area contributed by atoms with E-state index in [1.165, 1.54) is 0 Å². The number of aromatic nitrogens is 1. The third-order valence-corrected chi connectivity index (χ3v) is 12.5. The zero-order valence-electron chi connectivity index (χ0n) is 37.8. The zero-order valence-corrected chi connectivity index (χ0v) is 37.8. The molecule has 13 nitrogen and oxygen atoms in total. The van der Waals surface area contributed by atoms with Gasteiger partial charge in [0.05, 0.1) is 54.8 Å². The molecule has 1 fully saturated rings. The van der Waals surface area contributed by atoms with Gasteiger partial charge in [0.2, 0.25) is 17.7 Å². The number of Topliss-reactive ketones (excluding diaryl/α,β-unsaturated/α-hetero) is 1. The van der Waals surface area contributed by atoms with Crippen LogP contribution >= 0.6 is 0 Å². The quantitative estimate of drug-likeness (QED) is 0.130. The number of rotatable bonds is 23. The molecule has 3 rings (SSSR count). The molecule has 0 spiro atoms. The number of nitrogens with zero attached hydrogens (tertiary/aromatic N) is 4. The van der Waals surface area contributed by atoms with E-state index in [9.17, 15) is 24.3 Å². The van der Waals surface area contributed by atoms with Crippen molar-refractivity contribution in [2.75, 3.05) is 40.6 Å². The highest BCUT2D eigenvalue weighted by Gasteiger charge is 2.43. The molecule has 4 N–H and O–H groups in total. The Labute approximate surface area is 353 Å². The van der Waals surface area contributed by atoms with Gasteiger partial charge in [-0.2, -0.15) is 0 Å². The van der Waals surface area contributed by atoms with Crippen LogP contribution in [0, 0.1) is 29.6 Å². The smallest absolute Gasteiger partial charge is 0.226 e. The maximum atomic E-state index is 14.6. The van der Waals surface area contributed by atoms with Crippen LogP contribution in [0.5, 0.6) is 0 Å². The second kappa shape index (κ2) is 23.2. The fourth-order valence-electron chi connectivity index (χ4n) is 8.99. The van der Waals surface area contributed by atoms with Crippen LogP contribution in [-0.4, -0.2) is 120 Å². The number of ether oxygens (including phenoxy) is 2. The number of likely N-dealkylation sites (tertiary alicyclic amines) is 1. The van der Waals surface area contributed by atoms with Crippen LogP contribution < -0.4 is 11.1 Å². The highest BCUT2D eigenvalue weighted by atomic mass is 16.5. The number of nitrogens with one attached hydrogen (secondary N) is 1. The third-order valence-electron chi connectivity index (χ3n) is 12.5. The van der Waals surface area contributed by atoms with Gasteiger partial charge in [0.1, 0.15) is 5.82 Å². The monoisotopic (exact) mass is 823 g/mol. The first kappa shape index (κ1) is 49.5. The number of hydrogen-bond donors (Lipinski definition) is 3. The number of hydrogen-bond acceptors (Lipinski definition) is 10. The number of methoxy groups -OCH3 is 2. The van der Waals surface area contributed by atoms with Crippen LogP contribution in [0.2, 0.25) is 0 Å². The number of aliphatic hydroxyl groups is 1. The van der Waals surface area contributed by atoms with Crippen molar-refractivity contribution < 1.29 is 33.8 Å². The predicted octanol–water partition coefficient (Wildman–Crippen LogP) is 5.51. The molecule has 1 aliphatic rings. The first-order valence-corrected chi connectivity index (χ1v) is 21.5. The summed E-state index contributed by atoms with van der Waals surface area (Å²) in [6.07, 6.45) is 1.84. The number of pyridine rings is 1. The van der Waals surface area contributed by atoms with Crippen LogP contribution in [0.25, 0.3) is 0 Å². The molecule has 1 aromatic heterocycles. The Bertz CT molecular complexity index is 1640. The summed E-state index contributed by atoms with van der Waals surface area (Å²) in [6, 6.07) is 11.1. The first-order chi connectivity index (χ1) is 27.9. The van der Waals surface area contributed by atoms with Gasteiger partial charge in [-0.1, -0.05) is 85.2 Å². The number of nitrogens with two attached hydrogens (primary N) is 1. The lowest BCUT2D eigenvalue weighted by Crippen LogP contribution is -2.54. The molecule has 0 unspecified atom stereocenters. The van der Waals surface area contributed by atoms with E-state index in [4.69, 9.17) is 15.2 Å². The lowest BCUT2D eigenvalue weighted by Gasteiger charge is -2.41.